The van der Waals surface area contributed by atoms with E-state index in [1.807, 2.05) is 0 Å². The molecular formula is C15H23ClN2O3. The van der Waals surface area contributed by atoms with Gasteiger partial charge >= 0.3 is 0 Å². The molecule has 1 amide bonds. The van der Waals surface area contributed by atoms with Gasteiger partial charge in [0.25, 0.3) is 5.91 Å². The monoisotopic (exact) mass is 314 g/mol. The average molecular weight is 315 g/mol. The molecule has 1 aliphatic rings. The van der Waals surface area contributed by atoms with E-state index in [9.17, 15) is 4.79 Å². The third kappa shape index (κ3) is 3.80. The highest BCUT2D eigenvalue weighted by Crippen LogP contribution is 2.30. The standard InChI is InChI=1S/C15H22N2O3.ClH/c1-19-12-6-5-11(9-13(12)20-2)14(18)17-15(10-16)7-3-4-8-15;/h5-6,9H,3-4,7-8,10,16H2,1-2H3,(H,17,18);1H. The van der Waals surface area contributed by atoms with Crippen LogP contribution >= 0.6 is 12.4 Å². The fourth-order valence-corrected chi connectivity index (χ4v) is 2.72. The summed E-state index contributed by atoms with van der Waals surface area (Å²) < 4.78 is 10.4. The third-order valence-corrected chi connectivity index (χ3v) is 3.98. The van der Waals surface area contributed by atoms with Gasteiger partial charge in [0, 0.05) is 12.1 Å². The molecule has 21 heavy (non-hydrogen) atoms. The predicted molar refractivity (Wildman–Crippen MR) is 84.5 cm³/mol. The summed E-state index contributed by atoms with van der Waals surface area (Å²) >= 11 is 0. The molecule has 118 valence electrons. The highest BCUT2D eigenvalue weighted by Gasteiger charge is 2.34. The Bertz CT molecular complexity index is 488. The molecule has 0 heterocycles. The summed E-state index contributed by atoms with van der Waals surface area (Å²) in [5, 5.41) is 3.09. The Labute approximate surface area is 131 Å². The van der Waals surface area contributed by atoms with Crippen LogP contribution in [0, 0.1) is 0 Å². The van der Waals surface area contributed by atoms with Gasteiger partial charge < -0.3 is 20.5 Å². The van der Waals surface area contributed by atoms with E-state index in [1.165, 1.54) is 0 Å². The van der Waals surface area contributed by atoms with E-state index in [0.29, 0.717) is 23.6 Å². The summed E-state index contributed by atoms with van der Waals surface area (Å²) in [6, 6.07) is 5.15. The number of benzene rings is 1. The van der Waals surface area contributed by atoms with E-state index >= 15 is 0 Å². The third-order valence-electron chi connectivity index (χ3n) is 3.98. The zero-order valence-electron chi connectivity index (χ0n) is 12.5. The van der Waals surface area contributed by atoms with Gasteiger partial charge in [-0.3, -0.25) is 4.79 Å². The fourth-order valence-electron chi connectivity index (χ4n) is 2.72. The van der Waals surface area contributed by atoms with Crippen LogP contribution in [0.2, 0.25) is 0 Å². The first-order valence-electron chi connectivity index (χ1n) is 6.89. The van der Waals surface area contributed by atoms with Gasteiger partial charge in [-0.05, 0) is 31.0 Å². The number of carbonyl (C=O) groups is 1. The van der Waals surface area contributed by atoms with Crippen LogP contribution in [0.1, 0.15) is 36.0 Å². The topological polar surface area (TPSA) is 73.6 Å². The lowest BCUT2D eigenvalue weighted by Gasteiger charge is -2.28. The Morgan fingerprint density at radius 1 is 1.24 bits per heavy atom. The molecule has 0 atom stereocenters. The number of nitrogens with one attached hydrogen (secondary N) is 1. The summed E-state index contributed by atoms with van der Waals surface area (Å²) in [6.45, 7) is 0.478. The Morgan fingerprint density at radius 3 is 2.38 bits per heavy atom. The van der Waals surface area contributed by atoms with Crippen molar-refractivity contribution in [1.29, 1.82) is 0 Å². The maximum Gasteiger partial charge on any atom is 0.251 e. The second-order valence-electron chi connectivity index (χ2n) is 5.22. The molecule has 0 saturated heterocycles. The van der Waals surface area contributed by atoms with Crippen LogP contribution in [0.3, 0.4) is 0 Å². The molecule has 0 aliphatic heterocycles. The number of halogens is 1. The van der Waals surface area contributed by atoms with Crippen molar-refractivity contribution in [3.8, 4) is 11.5 Å². The van der Waals surface area contributed by atoms with E-state index in [0.717, 1.165) is 25.7 Å². The van der Waals surface area contributed by atoms with Crippen molar-refractivity contribution in [2.24, 2.45) is 5.73 Å². The van der Waals surface area contributed by atoms with E-state index in [-0.39, 0.29) is 23.9 Å². The molecule has 1 aromatic rings. The average Bonchev–Trinajstić information content (AvgIpc) is 2.95. The molecule has 1 fully saturated rings. The lowest BCUT2D eigenvalue weighted by molar-refractivity contribution is 0.0902. The summed E-state index contributed by atoms with van der Waals surface area (Å²) in [5.74, 6) is 1.05. The Morgan fingerprint density at radius 2 is 1.86 bits per heavy atom. The van der Waals surface area contributed by atoms with Crippen molar-refractivity contribution < 1.29 is 14.3 Å². The molecule has 1 saturated carbocycles. The predicted octanol–water partition coefficient (Wildman–Crippen LogP) is 2.13. The van der Waals surface area contributed by atoms with Crippen LogP contribution in [0.25, 0.3) is 0 Å². The van der Waals surface area contributed by atoms with Gasteiger partial charge in [-0.1, -0.05) is 12.8 Å². The summed E-state index contributed by atoms with van der Waals surface area (Å²) in [7, 11) is 3.12. The largest absolute Gasteiger partial charge is 0.493 e. The molecule has 0 bridgehead atoms. The van der Waals surface area contributed by atoms with Crippen LogP contribution in [-0.4, -0.2) is 32.2 Å². The maximum absolute atomic E-state index is 12.4. The minimum Gasteiger partial charge on any atom is -0.493 e. The van der Waals surface area contributed by atoms with Gasteiger partial charge in [0.15, 0.2) is 11.5 Å². The van der Waals surface area contributed by atoms with Crippen molar-refractivity contribution in [2.75, 3.05) is 20.8 Å². The Balaban J connectivity index is 0.00000220. The lowest BCUT2D eigenvalue weighted by atomic mass is 9.97. The van der Waals surface area contributed by atoms with E-state index in [2.05, 4.69) is 5.32 Å². The normalized spacial score (nSPS) is 16.0. The van der Waals surface area contributed by atoms with Crippen molar-refractivity contribution >= 4 is 18.3 Å². The van der Waals surface area contributed by atoms with Crippen LogP contribution < -0.4 is 20.5 Å². The first-order chi connectivity index (χ1) is 9.64. The smallest absolute Gasteiger partial charge is 0.251 e. The SMILES string of the molecule is COc1ccc(C(=O)NC2(CN)CCCC2)cc1OC.Cl. The maximum atomic E-state index is 12.4. The summed E-state index contributed by atoms with van der Waals surface area (Å²) in [5.41, 5.74) is 6.15. The van der Waals surface area contributed by atoms with Crippen LogP contribution in [0.4, 0.5) is 0 Å². The Kier molecular flexibility index (Phi) is 6.30. The number of methoxy groups -OCH3 is 2. The van der Waals surface area contributed by atoms with Gasteiger partial charge in [0.2, 0.25) is 0 Å². The second kappa shape index (κ2) is 7.52. The van der Waals surface area contributed by atoms with E-state index in [4.69, 9.17) is 15.2 Å². The zero-order valence-corrected chi connectivity index (χ0v) is 13.3. The molecule has 3 N–H and O–H groups in total. The fraction of sp³-hybridized carbons (Fsp3) is 0.533. The number of hydrogen-bond donors (Lipinski definition) is 2. The first kappa shape index (κ1) is 17.6. The van der Waals surface area contributed by atoms with Crippen molar-refractivity contribution in [1.82, 2.24) is 5.32 Å². The summed E-state index contributed by atoms with van der Waals surface area (Å²) in [4.78, 5) is 12.4. The van der Waals surface area contributed by atoms with Crippen molar-refractivity contribution in [2.45, 2.75) is 31.2 Å². The molecule has 2 rings (SSSR count). The minimum atomic E-state index is -0.246. The van der Waals surface area contributed by atoms with Crippen molar-refractivity contribution in [3.05, 3.63) is 23.8 Å². The van der Waals surface area contributed by atoms with Crippen molar-refractivity contribution in [3.63, 3.8) is 0 Å². The first-order valence-corrected chi connectivity index (χ1v) is 6.89. The molecule has 0 spiro atoms. The van der Waals surface area contributed by atoms with E-state index < -0.39 is 0 Å². The van der Waals surface area contributed by atoms with Gasteiger partial charge in [0.05, 0.1) is 19.8 Å². The molecule has 1 aliphatic carbocycles. The van der Waals surface area contributed by atoms with Gasteiger partial charge in [0.1, 0.15) is 0 Å². The number of rotatable bonds is 5. The minimum absolute atomic E-state index is 0. The Hall–Kier alpha value is -1.46. The molecular weight excluding hydrogens is 292 g/mol. The summed E-state index contributed by atoms with van der Waals surface area (Å²) in [6.07, 6.45) is 4.12. The molecule has 6 heteroatoms. The lowest BCUT2D eigenvalue weighted by Crippen LogP contribution is -2.51. The van der Waals surface area contributed by atoms with Crippen LogP contribution in [0.5, 0.6) is 11.5 Å². The molecule has 0 unspecified atom stereocenters. The number of carbonyl (C=O) groups excluding carboxylic acids is 1. The second-order valence-corrected chi connectivity index (χ2v) is 5.22. The molecule has 1 aromatic carbocycles. The van der Waals surface area contributed by atoms with Crippen LogP contribution in [0.15, 0.2) is 18.2 Å². The quantitative estimate of drug-likeness (QED) is 0.873. The van der Waals surface area contributed by atoms with Gasteiger partial charge in [-0.25, -0.2) is 0 Å². The molecule has 0 aromatic heterocycles. The number of hydrogen-bond acceptors (Lipinski definition) is 4. The molecule has 5 nitrogen and oxygen atoms in total. The number of amides is 1. The number of nitrogens with two attached hydrogens (primary N) is 1. The molecule has 0 radical (unpaired) electrons. The van der Waals surface area contributed by atoms with Crippen LogP contribution in [-0.2, 0) is 0 Å². The highest BCUT2D eigenvalue weighted by molar-refractivity contribution is 5.95. The van der Waals surface area contributed by atoms with Gasteiger partial charge in [-0.15, -0.1) is 12.4 Å². The number of ether oxygens (including phenoxy) is 2. The van der Waals surface area contributed by atoms with Gasteiger partial charge in [-0.2, -0.15) is 0 Å². The zero-order chi connectivity index (χ0) is 14.6. The highest BCUT2D eigenvalue weighted by atomic mass is 35.5. The van der Waals surface area contributed by atoms with E-state index in [1.54, 1.807) is 32.4 Å².